The number of carbonyl (C=O) groups excluding carboxylic acids is 1. The molecular weight excluding hydrogens is 222 g/mol. The van der Waals surface area contributed by atoms with Crippen molar-refractivity contribution in [1.29, 1.82) is 0 Å². The van der Waals surface area contributed by atoms with Crippen molar-refractivity contribution in [2.75, 3.05) is 11.6 Å². The highest BCUT2D eigenvalue weighted by Crippen LogP contribution is 2.30. The van der Waals surface area contributed by atoms with Crippen molar-refractivity contribution in [3.63, 3.8) is 0 Å². The molecule has 0 radical (unpaired) electrons. The second-order valence-corrected chi connectivity index (χ2v) is 5.62. The summed E-state index contributed by atoms with van der Waals surface area (Å²) in [6.07, 6.45) is 3.68. The molecule has 1 aliphatic carbocycles. The van der Waals surface area contributed by atoms with Gasteiger partial charge in [-0.05, 0) is 30.5 Å². The maximum absolute atomic E-state index is 11.5. The molecule has 16 heavy (non-hydrogen) atoms. The van der Waals surface area contributed by atoms with Gasteiger partial charge < -0.3 is 5.32 Å². The molecule has 1 aromatic rings. The number of benzene rings is 1. The van der Waals surface area contributed by atoms with E-state index >= 15 is 0 Å². The molecule has 1 aliphatic rings. The number of carbonyl (C=O) groups is 1. The quantitative estimate of drug-likeness (QED) is 0.869. The summed E-state index contributed by atoms with van der Waals surface area (Å²) >= 11 is 0. The molecule has 1 amide bonds. The van der Waals surface area contributed by atoms with E-state index in [9.17, 15) is 9.00 Å². The van der Waals surface area contributed by atoms with Crippen LogP contribution in [0.25, 0.3) is 0 Å². The Morgan fingerprint density at radius 3 is 2.88 bits per heavy atom. The standard InChI is InChI=1S/C12H15NO2S/c1-16(15)8-9-3-2-4-11(7-9)13-12(14)10-5-6-10/h2-4,7,10H,5-6,8H2,1H3,(H,13,14). The summed E-state index contributed by atoms with van der Waals surface area (Å²) in [6.45, 7) is 0. The van der Waals surface area contributed by atoms with Crippen LogP contribution in [0.1, 0.15) is 18.4 Å². The normalized spacial score (nSPS) is 16.8. The Morgan fingerprint density at radius 1 is 1.50 bits per heavy atom. The van der Waals surface area contributed by atoms with Gasteiger partial charge in [0, 0.05) is 34.4 Å². The van der Waals surface area contributed by atoms with E-state index < -0.39 is 10.8 Å². The van der Waals surface area contributed by atoms with Crippen LogP contribution in [0.15, 0.2) is 24.3 Å². The Bertz CT molecular complexity index is 427. The largest absolute Gasteiger partial charge is 0.326 e. The van der Waals surface area contributed by atoms with E-state index in [1.54, 1.807) is 6.26 Å². The molecule has 86 valence electrons. The molecule has 1 aromatic carbocycles. The second-order valence-electron chi connectivity index (χ2n) is 4.18. The summed E-state index contributed by atoms with van der Waals surface area (Å²) in [4.78, 5) is 11.5. The van der Waals surface area contributed by atoms with Crippen LogP contribution in [0.5, 0.6) is 0 Å². The van der Waals surface area contributed by atoms with E-state index in [0.29, 0.717) is 5.75 Å². The van der Waals surface area contributed by atoms with Gasteiger partial charge in [-0.25, -0.2) is 0 Å². The lowest BCUT2D eigenvalue weighted by atomic mass is 10.2. The molecule has 1 atom stereocenters. The van der Waals surface area contributed by atoms with Gasteiger partial charge in [0.15, 0.2) is 0 Å². The molecule has 0 aliphatic heterocycles. The van der Waals surface area contributed by atoms with Crippen LogP contribution in [-0.4, -0.2) is 16.4 Å². The third-order valence-corrected chi connectivity index (χ3v) is 3.25. The first kappa shape index (κ1) is 11.3. The van der Waals surface area contributed by atoms with E-state index in [-0.39, 0.29) is 11.8 Å². The lowest BCUT2D eigenvalue weighted by Gasteiger charge is -2.06. The molecule has 0 saturated heterocycles. The maximum atomic E-state index is 11.5. The van der Waals surface area contributed by atoms with Crippen molar-refractivity contribution in [2.24, 2.45) is 5.92 Å². The van der Waals surface area contributed by atoms with Crippen LogP contribution in [0.3, 0.4) is 0 Å². The van der Waals surface area contributed by atoms with Crippen molar-refractivity contribution in [1.82, 2.24) is 0 Å². The molecule has 1 N–H and O–H groups in total. The molecule has 0 spiro atoms. The predicted molar refractivity (Wildman–Crippen MR) is 65.6 cm³/mol. The lowest BCUT2D eigenvalue weighted by molar-refractivity contribution is -0.117. The average molecular weight is 237 g/mol. The summed E-state index contributed by atoms with van der Waals surface area (Å²) in [5.41, 5.74) is 1.80. The summed E-state index contributed by atoms with van der Waals surface area (Å²) in [7, 11) is -0.847. The van der Waals surface area contributed by atoms with Gasteiger partial charge in [-0.1, -0.05) is 12.1 Å². The topological polar surface area (TPSA) is 46.2 Å². The van der Waals surface area contributed by atoms with Gasteiger partial charge in [-0.2, -0.15) is 0 Å². The second kappa shape index (κ2) is 4.78. The number of hydrogen-bond acceptors (Lipinski definition) is 2. The molecule has 1 saturated carbocycles. The molecular formula is C12H15NO2S. The van der Waals surface area contributed by atoms with Crippen LogP contribution in [0.4, 0.5) is 5.69 Å². The van der Waals surface area contributed by atoms with Crippen molar-refractivity contribution < 1.29 is 9.00 Å². The van der Waals surface area contributed by atoms with Crippen molar-refractivity contribution in [3.05, 3.63) is 29.8 Å². The van der Waals surface area contributed by atoms with Gasteiger partial charge in [-0.3, -0.25) is 9.00 Å². The van der Waals surface area contributed by atoms with Gasteiger partial charge >= 0.3 is 0 Å². The zero-order valence-electron chi connectivity index (χ0n) is 9.23. The molecule has 0 aromatic heterocycles. The van der Waals surface area contributed by atoms with Gasteiger partial charge in [-0.15, -0.1) is 0 Å². The summed E-state index contributed by atoms with van der Waals surface area (Å²) in [5.74, 6) is 0.853. The van der Waals surface area contributed by atoms with Gasteiger partial charge in [0.05, 0.1) is 0 Å². The fourth-order valence-corrected chi connectivity index (χ4v) is 2.21. The average Bonchev–Trinajstić information content (AvgIpc) is 2.99. The zero-order chi connectivity index (χ0) is 11.5. The number of amides is 1. The Kier molecular flexibility index (Phi) is 3.39. The maximum Gasteiger partial charge on any atom is 0.227 e. The van der Waals surface area contributed by atoms with Crippen LogP contribution >= 0.6 is 0 Å². The van der Waals surface area contributed by atoms with E-state index in [1.807, 2.05) is 24.3 Å². The van der Waals surface area contributed by atoms with Crippen molar-refractivity contribution in [2.45, 2.75) is 18.6 Å². The Morgan fingerprint density at radius 2 is 2.25 bits per heavy atom. The summed E-state index contributed by atoms with van der Waals surface area (Å²) in [5, 5.41) is 2.88. The number of anilines is 1. The number of rotatable bonds is 4. The molecule has 3 nitrogen and oxygen atoms in total. The Hall–Kier alpha value is -1.16. The van der Waals surface area contributed by atoms with E-state index in [2.05, 4.69) is 5.32 Å². The zero-order valence-corrected chi connectivity index (χ0v) is 10.0. The van der Waals surface area contributed by atoms with Crippen LogP contribution < -0.4 is 5.32 Å². The van der Waals surface area contributed by atoms with Gasteiger partial charge in [0.1, 0.15) is 0 Å². The summed E-state index contributed by atoms with van der Waals surface area (Å²) in [6, 6.07) is 7.56. The first-order valence-electron chi connectivity index (χ1n) is 5.35. The van der Waals surface area contributed by atoms with Crippen LogP contribution in [0.2, 0.25) is 0 Å². The third-order valence-electron chi connectivity index (χ3n) is 2.51. The molecule has 0 heterocycles. The highest BCUT2D eigenvalue weighted by atomic mass is 32.2. The van der Waals surface area contributed by atoms with Gasteiger partial charge in [0.2, 0.25) is 5.91 Å². The molecule has 4 heteroatoms. The Labute approximate surface area is 97.7 Å². The predicted octanol–water partition coefficient (Wildman–Crippen LogP) is 1.91. The fraction of sp³-hybridized carbons (Fsp3) is 0.417. The number of nitrogens with one attached hydrogen (secondary N) is 1. The van der Waals surface area contributed by atoms with E-state index in [4.69, 9.17) is 0 Å². The summed E-state index contributed by atoms with van der Waals surface area (Å²) < 4.78 is 11.1. The number of hydrogen-bond donors (Lipinski definition) is 1. The first-order chi connectivity index (χ1) is 7.65. The molecule has 1 unspecified atom stereocenters. The van der Waals surface area contributed by atoms with Crippen molar-refractivity contribution >= 4 is 22.4 Å². The monoisotopic (exact) mass is 237 g/mol. The SMILES string of the molecule is CS(=O)Cc1cccc(NC(=O)C2CC2)c1. The molecule has 1 fully saturated rings. The van der Waals surface area contributed by atoms with Crippen molar-refractivity contribution in [3.8, 4) is 0 Å². The van der Waals surface area contributed by atoms with E-state index in [1.165, 1.54) is 0 Å². The fourth-order valence-electron chi connectivity index (χ4n) is 1.56. The Balaban J connectivity index is 2.03. The minimum absolute atomic E-state index is 0.106. The molecule has 0 bridgehead atoms. The highest BCUT2D eigenvalue weighted by Gasteiger charge is 2.29. The van der Waals surface area contributed by atoms with Gasteiger partial charge in [0.25, 0.3) is 0 Å². The third kappa shape index (κ3) is 3.17. The molecule has 2 rings (SSSR count). The minimum Gasteiger partial charge on any atom is -0.326 e. The highest BCUT2D eigenvalue weighted by molar-refractivity contribution is 7.83. The van der Waals surface area contributed by atoms with Crippen LogP contribution in [0, 0.1) is 5.92 Å². The smallest absolute Gasteiger partial charge is 0.227 e. The first-order valence-corrected chi connectivity index (χ1v) is 7.07. The minimum atomic E-state index is -0.847. The lowest BCUT2D eigenvalue weighted by Crippen LogP contribution is -2.13. The van der Waals surface area contributed by atoms with E-state index in [0.717, 1.165) is 24.1 Å². The van der Waals surface area contributed by atoms with Crippen LogP contribution in [-0.2, 0) is 21.3 Å².